The third-order valence-electron chi connectivity index (χ3n) is 4.13. The van der Waals surface area contributed by atoms with Gasteiger partial charge in [-0.1, -0.05) is 51.1 Å². The number of benzene rings is 2. The molecular formula is C22H26N2O4. The van der Waals surface area contributed by atoms with E-state index in [0.717, 1.165) is 5.56 Å². The molecule has 2 amide bonds. The Morgan fingerprint density at radius 1 is 0.964 bits per heavy atom. The van der Waals surface area contributed by atoms with E-state index in [4.69, 9.17) is 4.74 Å². The first kappa shape index (κ1) is 21.2. The zero-order valence-electron chi connectivity index (χ0n) is 16.6. The third kappa shape index (κ3) is 6.23. The first-order valence-corrected chi connectivity index (χ1v) is 9.11. The number of carbonyl (C=O) groups is 3. The van der Waals surface area contributed by atoms with Gasteiger partial charge < -0.3 is 15.4 Å². The summed E-state index contributed by atoms with van der Waals surface area (Å²) in [5.41, 5.74) is 2.18. The van der Waals surface area contributed by atoms with Crippen LogP contribution in [0.4, 0.5) is 5.69 Å². The van der Waals surface area contributed by atoms with Gasteiger partial charge in [0, 0.05) is 11.3 Å². The monoisotopic (exact) mass is 382 g/mol. The van der Waals surface area contributed by atoms with Gasteiger partial charge in [0.2, 0.25) is 0 Å². The number of carbonyl (C=O) groups excluding carboxylic acids is 3. The normalized spacial score (nSPS) is 12.0. The quantitative estimate of drug-likeness (QED) is 0.751. The molecule has 0 heterocycles. The average molecular weight is 382 g/mol. The molecule has 2 N–H and O–H groups in total. The molecule has 0 saturated carbocycles. The van der Waals surface area contributed by atoms with E-state index >= 15 is 0 Å². The Kier molecular flexibility index (Phi) is 6.93. The molecule has 0 fully saturated rings. The number of para-hydroxylation sites is 1. The van der Waals surface area contributed by atoms with Crippen LogP contribution in [0.2, 0.25) is 0 Å². The Bertz CT molecular complexity index is 824. The van der Waals surface area contributed by atoms with Crippen molar-refractivity contribution >= 4 is 23.5 Å². The van der Waals surface area contributed by atoms with Crippen LogP contribution in [0.25, 0.3) is 0 Å². The summed E-state index contributed by atoms with van der Waals surface area (Å²) in [4.78, 5) is 36.1. The number of hydrogen-bond acceptors (Lipinski definition) is 4. The first-order valence-electron chi connectivity index (χ1n) is 9.11. The van der Waals surface area contributed by atoms with E-state index < -0.39 is 18.0 Å². The molecule has 0 aliphatic carbocycles. The molecule has 6 heteroatoms. The van der Waals surface area contributed by atoms with Gasteiger partial charge in [-0.05, 0) is 42.2 Å². The number of esters is 1. The van der Waals surface area contributed by atoms with E-state index in [9.17, 15) is 14.4 Å². The summed E-state index contributed by atoms with van der Waals surface area (Å²) in [7, 11) is 0. The van der Waals surface area contributed by atoms with Crippen LogP contribution in [0.5, 0.6) is 0 Å². The van der Waals surface area contributed by atoms with Crippen molar-refractivity contribution < 1.29 is 19.1 Å². The molecule has 0 radical (unpaired) electrons. The van der Waals surface area contributed by atoms with Gasteiger partial charge in [-0.25, -0.2) is 0 Å². The number of ether oxygens (including phenoxy) is 1. The van der Waals surface area contributed by atoms with Crippen LogP contribution >= 0.6 is 0 Å². The number of hydrogen-bond donors (Lipinski definition) is 2. The minimum Gasteiger partial charge on any atom is -0.451 e. The van der Waals surface area contributed by atoms with Crippen LogP contribution < -0.4 is 10.6 Å². The van der Waals surface area contributed by atoms with Crippen LogP contribution in [0.3, 0.4) is 0 Å². The molecule has 2 aromatic rings. The van der Waals surface area contributed by atoms with Crippen molar-refractivity contribution in [2.24, 2.45) is 0 Å². The molecule has 1 atom stereocenters. The van der Waals surface area contributed by atoms with Gasteiger partial charge in [0.25, 0.3) is 11.8 Å². The fraction of sp³-hybridized carbons (Fsp3) is 0.318. The van der Waals surface area contributed by atoms with E-state index in [1.165, 1.54) is 6.92 Å². The average Bonchev–Trinajstić information content (AvgIpc) is 2.66. The van der Waals surface area contributed by atoms with E-state index in [-0.39, 0.29) is 17.9 Å². The Morgan fingerprint density at radius 3 is 2.14 bits per heavy atom. The lowest BCUT2D eigenvalue weighted by Gasteiger charge is -2.19. The summed E-state index contributed by atoms with van der Waals surface area (Å²) in [6.07, 6.45) is -0.976. The number of nitrogens with one attached hydrogen (secondary N) is 2. The van der Waals surface area contributed by atoms with Crippen molar-refractivity contribution in [3.8, 4) is 0 Å². The van der Waals surface area contributed by atoms with Gasteiger partial charge >= 0.3 is 5.97 Å². The zero-order chi connectivity index (χ0) is 20.7. The number of anilines is 1. The second-order valence-electron chi connectivity index (χ2n) is 7.50. The molecule has 148 valence electrons. The van der Waals surface area contributed by atoms with Gasteiger partial charge in [0.1, 0.15) is 6.54 Å². The largest absolute Gasteiger partial charge is 0.451 e. The molecule has 0 unspecified atom stereocenters. The maximum atomic E-state index is 12.2. The van der Waals surface area contributed by atoms with E-state index in [1.54, 1.807) is 36.4 Å². The molecule has 6 nitrogen and oxygen atoms in total. The molecule has 0 bridgehead atoms. The van der Waals surface area contributed by atoms with Crippen molar-refractivity contribution in [3.05, 3.63) is 65.7 Å². The van der Waals surface area contributed by atoms with Crippen molar-refractivity contribution in [3.63, 3.8) is 0 Å². The fourth-order valence-corrected chi connectivity index (χ4v) is 2.43. The minimum absolute atomic E-state index is 0.00469. The summed E-state index contributed by atoms with van der Waals surface area (Å²) in [6.45, 7) is 7.43. The van der Waals surface area contributed by atoms with Gasteiger partial charge in [-0.15, -0.1) is 0 Å². The fourth-order valence-electron chi connectivity index (χ4n) is 2.43. The van der Waals surface area contributed by atoms with E-state index in [0.29, 0.717) is 11.3 Å². The molecule has 28 heavy (non-hydrogen) atoms. The molecular weight excluding hydrogens is 356 g/mol. The van der Waals surface area contributed by atoms with E-state index in [2.05, 4.69) is 31.4 Å². The molecule has 0 saturated heterocycles. The molecule has 2 aromatic carbocycles. The Balaban J connectivity index is 1.81. The zero-order valence-corrected chi connectivity index (χ0v) is 16.6. The summed E-state index contributed by atoms with van der Waals surface area (Å²) in [5.74, 6) is -1.50. The van der Waals surface area contributed by atoms with Crippen molar-refractivity contribution in [1.29, 1.82) is 0 Å². The maximum absolute atomic E-state index is 12.2. The van der Waals surface area contributed by atoms with Crippen LogP contribution in [0.1, 0.15) is 43.6 Å². The molecule has 0 aromatic heterocycles. The predicted molar refractivity (Wildman–Crippen MR) is 108 cm³/mol. The Hall–Kier alpha value is -3.15. The highest BCUT2D eigenvalue weighted by Crippen LogP contribution is 2.22. The number of rotatable bonds is 6. The van der Waals surface area contributed by atoms with Gasteiger partial charge in [-0.2, -0.15) is 0 Å². The van der Waals surface area contributed by atoms with Crippen LogP contribution in [-0.4, -0.2) is 30.4 Å². The van der Waals surface area contributed by atoms with Crippen molar-refractivity contribution in [2.75, 3.05) is 11.9 Å². The number of amides is 2. The Morgan fingerprint density at radius 2 is 1.57 bits per heavy atom. The molecule has 0 spiro atoms. The molecule has 2 rings (SSSR count). The van der Waals surface area contributed by atoms with Gasteiger partial charge in [-0.3, -0.25) is 14.4 Å². The lowest BCUT2D eigenvalue weighted by Crippen LogP contribution is -2.35. The lowest BCUT2D eigenvalue weighted by molar-refractivity contribution is -0.152. The Labute approximate surface area is 165 Å². The highest BCUT2D eigenvalue weighted by Gasteiger charge is 2.19. The lowest BCUT2D eigenvalue weighted by atomic mass is 9.87. The predicted octanol–water partition coefficient (Wildman–Crippen LogP) is 3.28. The van der Waals surface area contributed by atoms with Gasteiger partial charge in [0.05, 0.1) is 0 Å². The van der Waals surface area contributed by atoms with Crippen LogP contribution in [-0.2, 0) is 19.7 Å². The smallest absolute Gasteiger partial charge is 0.326 e. The summed E-state index contributed by atoms with van der Waals surface area (Å²) in [6, 6.07) is 16.1. The van der Waals surface area contributed by atoms with E-state index in [1.807, 2.05) is 18.2 Å². The molecule has 0 aliphatic rings. The minimum atomic E-state index is -0.976. The second-order valence-corrected chi connectivity index (χ2v) is 7.50. The van der Waals surface area contributed by atoms with Crippen molar-refractivity contribution in [1.82, 2.24) is 5.32 Å². The SMILES string of the molecule is C[C@H](OC(=O)CNC(=O)c1ccc(C(C)(C)C)cc1)C(=O)Nc1ccccc1. The van der Waals surface area contributed by atoms with Crippen LogP contribution in [0.15, 0.2) is 54.6 Å². The topological polar surface area (TPSA) is 84.5 Å². The highest BCUT2D eigenvalue weighted by atomic mass is 16.5. The molecule has 0 aliphatic heterocycles. The van der Waals surface area contributed by atoms with Gasteiger partial charge in [0.15, 0.2) is 6.10 Å². The third-order valence-corrected chi connectivity index (χ3v) is 4.13. The standard InChI is InChI=1S/C22H26N2O4/c1-15(20(26)24-18-8-6-5-7-9-18)28-19(25)14-23-21(27)16-10-12-17(13-11-16)22(2,3)4/h5-13,15H,14H2,1-4H3,(H,23,27)(H,24,26)/t15-/m0/s1. The summed E-state index contributed by atoms with van der Waals surface area (Å²) < 4.78 is 5.07. The summed E-state index contributed by atoms with van der Waals surface area (Å²) in [5, 5.41) is 5.16. The second kappa shape index (κ2) is 9.17. The maximum Gasteiger partial charge on any atom is 0.326 e. The highest BCUT2D eigenvalue weighted by molar-refractivity contribution is 5.97. The van der Waals surface area contributed by atoms with Crippen LogP contribution in [0, 0.1) is 0 Å². The first-order chi connectivity index (χ1) is 13.2. The van der Waals surface area contributed by atoms with Crippen molar-refractivity contribution in [2.45, 2.75) is 39.2 Å². The summed E-state index contributed by atoms with van der Waals surface area (Å²) >= 11 is 0.